The summed E-state index contributed by atoms with van der Waals surface area (Å²) in [5.41, 5.74) is 0. The van der Waals surface area contributed by atoms with Crippen molar-refractivity contribution in [3.8, 4) is 0 Å². The second-order valence-corrected chi connectivity index (χ2v) is 1.69. The van der Waals surface area contributed by atoms with Gasteiger partial charge in [0.25, 0.3) is 0 Å². The maximum absolute atomic E-state index is 8.80. The van der Waals surface area contributed by atoms with Crippen LogP contribution in [0.1, 0.15) is 26.7 Å². The maximum atomic E-state index is 8.80. The van der Waals surface area contributed by atoms with Gasteiger partial charge in [0.15, 0.2) is 0 Å². The van der Waals surface area contributed by atoms with Crippen molar-refractivity contribution in [3.63, 3.8) is 0 Å². The van der Waals surface area contributed by atoms with E-state index in [9.17, 15) is 0 Å². The Morgan fingerprint density at radius 2 is 2.29 bits per heavy atom. The molecule has 0 heterocycles. The van der Waals surface area contributed by atoms with E-state index in [-0.39, 0.29) is 6.10 Å². The first kappa shape index (κ1) is 6.96. The Kier molecular flexibility index (Phi) is 4.10. The normalized spacial score (nSPS) is 14.1. The minimum atomic E-state index is -0.176. The lowest BCUT2D eigenvalue weighted by Crippen LogP contribution is -2.02. The highest BCUT2D eigenvalue weighted by atomic mass is 16.3. The van der Waals surface area contributed by atoms with Gasteiger partial charge in [-0.15, -0.1) is 0 Å². The van der Waals surface area contributed by atoms with E-state index >= 15 is 0 Å². The number of aliphatic hydroxyl groups is 1. The zero-order valence-electron chi connectivity index (χ0n) is 5.02. The van der Waals surface area contributed by atoms with Gasteiger partial charge in [-0.2, -0.15) is 0 Å². The summed E-state index contributed by atoms with van der Waals surface area (Å²) >= 11 is 0. The van der Waals surface area contributed by atoms with E-state index in [1.807, 2.05) is 13.3 Å². The summed E-state index contributed by atoms with van der Waals surface area (Å²) in [5, 5.41) is 8.80. The summed E-state index contributed by atoms with van der Waals surface area (Å²) in [4.78, 5) is 0. The van der Waals surface area contributed by atoms with Crippen molar-refractivity contribution in [2.75, 3.05) is 0 Å². The molecule has 0 aliphatic heterocycles. The van der Waals surface area contributed by atoms with E-state index < -0.39 is 0 Å². The molecule has 0 rings (SSSR count). The Bertz CT molecular complexity index is 35.2. The Hall–Kier alpha value is -0.0400. The summed E-state index contributed by atoms with van der Waals surface area (Å²) in [6, 6.07) is 0. The molecule has 0 spiro atoms. The number of hydrogen-bond donors (Lipinski definition) is 1. The van der Waals surface area contributed by atoms with Crippen molar-refractivity contribution in [1.82, 2.24) is 0 Å². The van der Waals surface area contributed by atoms with Crippen LogP contribution in [-0.4, -0.2) is 11.2 Å². The van der Waals surface area contributed by atoms with E-state index in [2.05, 4.69) is 6.92 Å². The lowest BCUT2D eigenvalue weighted by Gasteiger charge is -2.01. The van der Waals surface area contributed by atoms with E-state index in [1.165, 1.54) is 0 Å². The van der Waals surface area contributed by atoms with Gasteiger partial charge in [-0.25, -0.2) is 0 Å². The number of rotatable bonds is 3. The first-order valence-corrected chi connectivity index (χ1v) is 2.78. The SMILES string of the molecule is C[CH]C(O)CCC. The van der Waals surface area contributed by atoms with E-state index in [0.29, 0.717) is 0 Å². The standard InChI is InChI=1S/C6H13O/c1-3-5-6(7)4-2/h4,6-7H,3,5H2,1-2H3. The third-order valence-electron chi connectivity index (χ3n) is 0.969. The highest BCUT2D eigenvalue weighted by molar-refractivity contribution is 4.67. The topological polar surface area (TPSA) is 20.2 Å². The van der Waals surface area contributed by atoms with Gasteiger partial charge < -0.3 is 5.11 Å². The third kappa shape index (κ3) is 3.80. The van der Waals surface area contributed by atoms with Crippen LogP contribution in [0.5, 0.6) is 0 Å². The molecule has 1 nitrogen and oxygen atoms in total. The molecule has 0 aromatic heterocycles. The average molecular weight is 101 g/mol. The second-order valence-electron chi connectivity index (χ2n) is 1.69. The van der Waals surface area contributed by atoms with Crippen LogP contribution in [0, 0.1) is 6.42 Å². The lowest BCUT2D eigenvalue weighted by atomic mass is 10.2. The molecule has 1 N–H and O–H groups in total. The van der Waals surface area contributed by atoms with Gasteiger partial charge in [-0.1, -0.05) is 20.3 Å². The molecular formula is C6H13O. The van der Waals surface area contributed by atoms with Gasteiger partial charge in [0.2, 0.25) is 0 Å². The van der Waals surface area contributed by atoms with Gasteiger partial charge in [0, 0.05) is 0 Å². The van der Waals surface area contributed by atoms with E-state index in [1.54, 1.807) is 0 Å². The van der Waals surface area contributed by atoms with Crippen molar-refractivity contribution >= 4 is 0 Å². The molecule has 1 atom stereocenters. The molecule has 0 saturated heterocycles. The second kappa shape index (κ2) is 4.13. The average Bonchev–Trinajstić information content (AvgIpc) is 1.68. The number of aliphatic hydroxyl groups excluding tert-OH is 1. The van der Waals surface area contributed by atoms with E-state index in [0.717, 1.165) is 12.8 Å². The van der Waals surface area contributed by atoms with Crippen molar-refractivity contribution in [3.05, 3.63) is 6.42 Å². The third-order valence-corrected chi connectivity index (χ3v) is 0.969. The molecule has 0 aliphatic carbocycles. The van der Waals surface area contributed by atoms with E-state index in [4.69, 9.17) is 5.11 Å². The van der Waals surface area contributed by atoms with Crippen LogP contribution in [0.25, 0.3) is 0 Å². The molecule has 0 fully saturated rings. The molecule has 7 heavy (non-hydrogen) atoms. The summed E-state index contributed by atoms with van der Waals surface area (Å²) in [6.07, 6.45) is 3.59. The lowest BCUT2D eigenvalue weighted by molar-refractivity contribution is 0.196. The maximum Gasteiger partial charge on any atom is 0.0569 e. The Labute approximate surface area is 45.4 Å². The quantitative estimate of drug-likeness (QED) is 0.569. The fourth-order valence-electron chi connectivity index (χ4n) is 0.462. The summed E-state index contributed by atoms with van der Waals surface area (Å²) in [6.45, 7) is 3.94. The molecule has 0 aromatic rings. The largest absolute Gasteiger partial charge is 0.393 e. The molecule has 0 aromatic carbocycles. The molecule has 0 saturated carbocycles. The first-order chi connectivity index (χ1) is 3.31. The zero-order valence-corrected chi connectivity index (χ0v) is 5.02. The van der Waals surface area contributed by atoms with Crippen LogP contribution in [0.4, 0.5) is 0 Å². The smallest absolute Gasteiger partial charge is 0.0569 e. The first-order valence-electron chi connectivity index (χ1n) is 2.78. The predicted octanol–water partition coefficient (Wildman–Crippen LogP) is 1.37. The summed E-state index contributed by atoms with van der Waals surface area (Å²) in [7, 11) is 0. The molecule has 43 valence electrons. The predicted molar refractivity (Wildman–Crippen MR) is 30.9 cm³/mol. The van der Waals surface area contributed by atoms with Crippen molar-refractivity contribution in [2.24, 2.45) is 0 Å². The monoisotopic (exact) mass is 101 g/mol. The molecule has 0 bridgehead atoms. The van der Waals surface area contributed by atoms with Crippen LogP contribution < -0.4 is 0 Å². The minimum absolute atomic E-state index is 0.176. The van der Waals surface area contributed by atoms with Crippen LogP contribution in [0.15, 0.2) is 0 Å². The fourth-order valence-corrected chi connectivity index (χ4v) is 0.462. The van der Waals surface area contributed by atoms with Crippen LogP contribution in [-0.2, 0) is 0 Å². The van der Waals surface area contributed by atoms with Gasteiger partial charge in [-0.3, -0.25) is 0 Å². The summed E-state index contributed by atoms with van der Waals surface area (Å²) < 4.78 is 0. The van der Waals surface area contributed by atoms with Crippen LogP contribution in [0.2, 0.25) is 0 Å². The zero-order chi connectivity index (χ0) is 5.70. The Balaban J connectivity index is 2.83. The molecule has 1 radical (unpaired) electrons. The summed E-state index contributed by atoms with van der Waals surface area (Å²) in [5.74, 6) is 0. The van der Waals surface area contributed by atoms with Crippen LogP contribution in [0.3, 0.4) is 0 Å². The minimum Gasteiger partial charge on any atom is -0.393 e. The highest BCUT2D eigenvalue weighted by Gasteiger charge is 1.94. The Morgan fingerprint density at radius 1 is 1.71 bits per heavy atom. The molecule has 0 aliphatic rings. The highest BCUT2D eigenvalue weighted by Crippen LogP contribution is 1.97. The molecule has 1 heteroatoms. The van der Waals surface area contributed by atoms with Gasteiger partial charge in [-0.05, 0) is 12.8 Å². The molecule has 1 unspecified atom stereocenters. The van der Waals surface area contributed by atoms with Crippen LogP contribution >= 0.6 is 0 Å². The fraction of sp³-hybridized carbons (Fsp3) is 0.833. The van der Waals surface area contributed by atoms with Gasteiger partial charge in [0.05, 0.1) is 6.10 Å². The van der Waals surface area contributed by atoms with Gasteiger partial charge >= 0.3 is 0 Å². The van der Waals surface area contributed by atoms with Crippen molar-refractivity contribution in [1.29, 1.82) is 0 Å². The Morgan fingerprint density at radius 3 is 2.43 bits per heavy atom. The number of hydrogen-bond acceptors (Lipinski definition) is 1. The van der Waals surface area contributed by atoms with Crippen molar-refractivity contribution < 1.29 is 5.11 Å². The molecule has 0 amide bonds. The molecular weight excluding hydrogens is 88.1 g/mol. The van der Waals surface area contributed by atoms with Crippen molar-refractivity contribution in [2.45, 2.75) is 32.8 Å². The van der Waals surface area contributed by atoms with Gasteiger partial charge in [0.1, 0.15) is 0 Å².